The Labute approximate surface area is 196 Å². The molecule has 0 radical (unpaired) electrons. The summed E-state index contributed by atoms with van der Waals surface area (Å²) in [6, 6.07) is -0.293. The molecule has 2 fully saturated rings. The first-order valence-corrected chi connectivity index (χ1v) is 12.8. The summed E-state index contributed by atoms with van der Waals surface area (Å²) >= 11 is 1.42. The summed E-state index contributed by atoms with van der Waals surface area (Å²) in [5.74, 6) is 2.70. The first kappa shape index (κ1) is 20.6. The number of nitrogens with zero attached hydrogens (tertiary/aromatic N) is 5. The number of rotatable bonds is 6. The van der Waals surface area contributed by atoms with E-state index in [0.29, 0.717) is 17.0 Å². The SMILES string of the molecule is O=C(Nc1nccs1)[C@@H]1CCCN1c1nc2c(c(Nc3ncc(C4CCCC4)[nH]3)n1)CCC2. The van der Waals surface area contributed by atoms with Crippen LogP contribution in [-0.4, -0.2) is 43.4 Å². The summed E-state index contributed by atoms with van der Waals surface area (Å²) < 4.78 is 0. The molecule has 1 atom stereocenters. The summed E-state index contributed by atoms with van der Waals surface area (Å²) in [6.07, 6.45) is 13.4. The van der Waals surface area contributed by atoms with Crippen LogP contribution in [0.15, 0.2) is 17.8 Å². The molecule has 9 nitrogen and oxygen atoms in total. The van der Waals surface area contributed by atoms with Gasteiger partial charge in [-0.1, -0.05) is 12.8 Å². The molecule has 172 valence electrons. The van der Waals surface area contributed by atoms with Crippen LogP contribution in [0.5, 0.6) is 0 Å². The monoisotopic (exact) mass is 464 g/mol. The Morgan fingerprint density at radius 2 is 2.00 bits per heavy atom. The molecular weight excluding hydrogens is 436 g/mol. The van der Waals surface area contributed by atoms with E-state index >= 15 is 0 Å². The first-order valence-electron chi connectivity index (χ1n) is 11.9. The van der Waals surface area contributed by atoms with Gasteiger partial charge in [-0.15, -0.1) is 11.3 Å². The molecule has 1 amide bonds. The molecule has 1 saturated carbocycles. The summed E-state index contributed by atoms with van der Waals surface area (Å²) in [5.41, 5.74) is 3.45. The number of hydrogen-bond acceptors (Lipinski definition) is 8. The van der Waals surface area contributed by atoms with Gasteiger partial charge in [0.05, 0.1) is 11.9 Å². The Kier molecular flexibility index (Phi) is 5.45. The number of hydrogen-bond donors (Lipinski definition) is 3. The molecule has 1 saturated heterocycles. The van der Waals surface area contributed by atoms with Gasteiger partial charge in [-0.25, -0.2) is 15.0 Å². The van der Waals surface area contributed by atoms with Crippen molar-refractivity contribution in [1.29, 1.82) is 0 Å². The van der Waals surface area contributed by atoms with Gasteiger partial charge in [-0.3, -0.25) is 4.79 Å². The summed E-state index contributed by atoms with van der Waals surface area (Å²) in [6.45, 7) is 0.765. The van der Waals surface area contributed by atoms with Crippen molar-refractivity contribution >= 4 is 40.1 Å². The molecule has 1 aliphatic heterocycles. The Bertz CT molecular complexity index is 1140. The Morgan fingerprint density at radius 3 is 2.85 bits per heavy atom. The highest BCUT2D eigenvalue weighted by Gasteiger charge is 2.34. The van der Waals surface area contributed by atoms with Crippen molar-refractivity contribution in [2.75, 3.05) is 22.1 Å². The van der Waals surface area contributed by atoms with Crippen molar-refractivity contribution in [3.05, 3.63) is 34.7 Å². The quantitative estimate of drug-likeness (QED) is 0.502. The lowest BCUT2D eigenvalue weighted by atomic mass is 10.1. The van der Waals surface area contributed by atoms with E-state index in [1.54, 1.807) is 6.20 Å². The molecule has 10 heteroatoms. The Balaban J connectivity index is 1.25. The number of aromatic amines is 1. The zero-order valence-electron chi connectivity index (χ0n) is 18.5. The molecule has 3 N–H and O–H groups in total. The predicted molar refractivity (Wildman–Crippen MR) is 128 cm³/mol. The van der Waals surface area contributed by atoms with E-state index in [0.717, 1.165) is 56.1 Å². The topological polar surface area (TPSA) is 112 Å². The van der Waals surface area contributed by atoms with Gasteiger partial charge in [0.15, 0.2) is 5.13 Å². The third kappa shape index (κ3) is 4.07. The number of anilines is 4. The fourth-order valence-corrected chi connectivity index (χ4v) is 5.89. The lowest BCUT2D eigenvalue weighted by Crippen LogP contribution is -2.40. The van der Waals surface area contributed by atoms with Crippen molar-refractivity contribution < 1.29 is 4.79 Å². The minimum absolute atomic E-state index is 0.0479. The Morgan fingerprint density at radius 1 is 1.09 bits per heavy atom. The van der Waals surface area contributed by atoms with E-state index < -0.39 is 0 Å². The maximum atomic E-state index is 13.0. The Hall–Kier alpha value is -3.01. The minimum atomic E-state index is -0.293. The molecule has 33 heavy (non-hydrogen) atoms. The summed E-state index contributed by atoms with van der Waals surface area (Å²) in [4.78, 5) is 37.0. The number of carbonyl (C=O) groups is 1. The molecule has 3 aromatic heterocycles. The van der Waals surface area contributed by atoms with Gasteiger partial charge in [0.1, 0.15) is 11.9 Å². The third-order valence-electron chi connectivity index (χ3n) is 7.02. The van der Waals surface area contributed by atoms with Crippen molar-refractivity contribution in [2.45, 2.75) is 69.7 Å². The van der Waals surface area contributed by atoms with E-state index in [1.807, 2.05) is 16.5 Å². The van der Waals surface area contributed by atoms with Crippen LogP contribution in [0.2, 0.25) is 0 Å². The van der Waals surface area contributed by atoms with Crippen molar-refractivity contribution in [2.24, 2.45) is 0 Å². The van der Waals surface area contributed by atoms with Gasteiger partial charge in [-0.2, -0.15) is 4.98 Å². The van der Waals surface area contributed by atoms with Gasteiger partial charge in [0.25, 0.3) is 0 Å². The number of fused-ring (bicyclic) bond motifs is 1. The number of aromatic nitrogens is 5. The van der Waals surface area contributed by atoms with Gasteiger partial charge in [0, 0.05) is 35.3 Å². The highest BCUT2D eigenvalue weighted by Crippen LogP contribution is 2.35. The number of H-pyrrole nitrogens is 1. The molecule has 0 spiro atoms. The number of amides is 1. The number of carbonyl (C=O) groups excluding carboxylic acids is 1. The van der Waals surface area contributed by atoms with Crippen molar-refractivity contribution in [3.8, 4) is 0 Å². The van der Waals surface area contributed by atoms with Gasteiger partial charge >= 0.3 is 0 Å². The van der Waals surface area contributed by atoms with Crippen LogP contribution in [0.4, 0.5) is 22.8 Å². The molecule has 6 rings (SSSR count). The molecule has 2 aliphatic carbocycles. The lowest BCUT2D eigenvalue weighted by molar-refractivity contribution is -0.117. The van der Waals surface area contributed by atoms with E-state index in [2.05, 4.69) is 25.6 Å². The zero-order valence-corrected chi connectivity index (χ0v) is 19.3. The van der Waals surface area contributed by atoms with Crippen LogP contribution in [-0.2, 0) is 17.6 Å². The van der Waals surface area contributed by atoms with Crippen molar-refractivity contribution in [3.63, 3.8) is 0 Å². The number of aryl methyl sites for hydroxylation is 1. The highest BCUT2D eigenvalue weighted by atomic mass is 32.1. The smallest absolute Gasteiger partial charge is 0.248 e. The molecular formula is C23H28N8OS. The van der Waals surface area contributed by atoms with Gasteiger partial charge in [0.2, 0.25) is 17.8 Å². The fraction of sp³-hybridized carbons (Fsp3) is 0.522. The van der Waals surface area contributed by atoms with E-state index in [4.69, 9.17) is 9.97 Å². The van der Waals surface area contributed by atoms with E-state index in [-0.39, 0.29) is 11.9 Å². The number of imidazole rings is 1. The highest BCUT2D eigenvalue weighted by molar-refractivity contribution is 7.13. The summed E-state index contributed by atoms with van der Waals surface area (Å²) in [5, 5.41) is 8.86. The second-order valence-corrected chi connectivity index (χ2v) is 10.0. The van der Waals surface area contributed by atoms with Gasteiger partial charge < -0.3 is 20.5 Å². The number of thiazole rings is 1. The number of nitrogens with one attached hydrogen (secondary N) is 3. The van der Waals surface area contributed by atoms with Crippen LogP contribution >= 0.6 is 11.3 Å². The normalized spacial score (nSPS) is 20.4. The lowest BCUT2D eigenvalue weighted by Gasteiger charge is -2.24. The molecule has 0 aromatic carbocycles. The second-order valence-electron chi connectivity index (χ2n) is 9.12. The zero-order chi connectivity index (χ0) is 22.2. The maximum absolute atomic E-state index is 13.0. The van der Waals surface area contributed by atoms with Crippen LogP contribution in [0.25, 0.3) is 0 Å². The first-order chi connectivity index (χ1) is 16.2. The van der Waals surface area contributed by atoms with E-state index in [9.17, 15) is 4.79 Å². The minimum Gasteiger partial charge on any atom is -0.329 e. The van der Waals surface area contributed by atoms with Crippen LogP contribution in [0.1, 0.15) is 67.8 Å². The van der Waals surface area contributed by atoms with Crippen LogP contribution < -0.4 is 15.5 Å². The molecule has 0 unspecified atom stereocenters. The maximum Gasteiger partial charge on any atom is 0.248 e. The molecule has 3 aliphatic rings. The third-order valence-corrected chi connectivity index (χ3v) is 7.71. The van der Waals surface area contributed by atoms with Crippen LogP contribution in [0.3, 0.4) is 0 Å². The second kappa shape index (κ2) is 8.74. The molecule has 4 heterocycles. The van der Waals surface area contributed by atoms with Crippen LogP contribution in [0, 0.1) is 0 Å². The molecule has 3 aromatic rings. The average molecular weight is 465 g/mol. The van der Waals surface area contributed by atoms with Crippen molar-refractivity contribution in [1.82, 2.24) is 24.9 Å². The summed E-state index contributed by atoms with van der Waals surface area (Å²) in [7, 11) is 0. The molecule has 0 bridgehead atoms. The average Bonchev–Trinajstić information content (AvgIpc) is 3.64. The predicted octanol–water partition coefficient (Wildman–Crippen LogP) is 4.15. The standard InChI is InChI=1S/C23H28N8OS/c32-20(30-23-24-10-12-33-23)18-9-4-11-31(18)22-27-16-8-3-7-15(16)19(29-22)28-21-25-13-17(26-21)14-5-1-2-6-14/h10,12-14,18H,1-9,11H2,(H,24,30,32)(H2,25,26,27,28,29)/t18-/m0/s1. The largest absolute Gasteiger partial charge is 0.329 e. The van der Waals surface area contributed by atoms with E-state index in [1.165, 1.54) is 48.3 Å². The van der Waals surface area contributed by atoms with Gasteiger partial charge in [-0.05, 0) is 44.9 Å². The fourth-order valence-electron chi connectivity index (χ4n) is 5.36.